The van der Waals surface area contributed by atoms with Gasteiger partial charge < -0.3 is 9.84 Å². The third kappa shape index (κ3) is 5.11. The molecule has 2 heterocycles. The minimum Gasteiger partial charge on any atom is -0.360 e. The van der Waals surface area contributed by atoms with Crippen LogP contribution >= 0.6 is 11.6 Å². The highest BCUT2D eigenvalue weighted by molar-refractivity contribution is 7.89. The number of sulfonamides is 1. The van der Waals surface area contributed by atoms with Gasteiger partial charge in [-0.2, -0.15) is 0 Å². The Morgan fingerprint density at radius 1 is 1.29 bits per heavy atom. The van der Waals surface area contributed by atoms with Crippen LogP contribution in [0.25, 0.3) is 0 Å². The molecule has 1 aromatic carbocycles. The molecule has 28 heavy (non-hydrogen) atoms. The summed E-state index contributed by atoms with van der Waals surface area (Å²) >= 11 is 5.81. The van der Waals surface area contributed by atoms with Crippen LogP contribution in [0.5, 0.6) is 0 Å². The van der Waals surface area contributed by atoms with E-state index >= 15 is 0 Å². The smallest absolute Gasteiger partial charge is 0.242 e. The number of aromatic nitrogens is 1. The summed E-state index contributed by atoms with van der Waals surface area (Å²) < 4.78 is 32.7. The topological polar surface area (TPSA) is 105 Å². The van der Waals surface area contributed by atoms with Gasteiger partial charge in [-0.3, -0.25) is 9.69 Å². The highest BCUT2D eigenvalue weighted by Gasteiger charge is 2.29. The first kappa shape index (κ1) is 20.8. The number of hydrogen-bond donors (Lipinski definition) is 2. The molecule has 1 fully saturated rings. The second-order valence-corrected chi connectivity index (χ2v) is 9.02. The highest BCUT2D eigenvalue weighted by atomic mass is 35.5. The fraction of sp³-hybridized carbons (Fsp3) is 0.444. The number of hydrogen-bond acceptors (Lipinski definition) is 6. The van der Waals surface area contributed by atoms with E-state index < -0.39 is 10.0 Å². The number of nitrogens with one attached hydrogen (secondary N) is 2. The summed E-state index contributed by atoms with van der Waals surface area (Å²) in [6, 6.07) is 7.19. The maximum atomic E-state index is 12.5. The van der Waals surface area contributed by atoms with Crippen LogP contribution in [-0.2, 0) is 14.8 Å². The van der Waals surface area contributed by atoms with E-state index in [2.05, 4.69) is 15.2 Å². The number of aryl methyl sites for hydroxylation is 1. The molecule has 0 bridgehead atoms. The van der Waals surface area contributed by atoms with Gasteiger partial charge >= 0.3 is 0 Å². The van der Waals surface area contributed by atoms with Crippen molar-refractivity contribution in [2.24, 2.45) is 0 Å². The van der Waals surface area contributed by atoms with E-state index in [4.69, 9.17) is 16.1 Å². The van der Waals surface area contributed by atoms with Crippen molar-refractivity contribution >= 4 is 33.3 Å². The van der Waals surface area contributed by atoms with E-state index in [1.165, 1.54) is 12.1 Å². The zero-order chi connectivity index (χ0) is 20.3. The highest BCUT2D eigenvalue weighted by Crippen LogP contribution is 2.19. The molecule has 0 aliphatic carbocycles. The number of carbonyl (C=O) groups is 1. The number of benzene rings is 1. The number of likely N-dealkylation sites (tertiary alicyclic amines) is 1. The third-order valence-corrected chi connectivity index (χ3v) is 6.57. The van der Waals surface area contributed by atoms with Crippen molar-refractivity contribution in [3.05, 3.63) is 41.1 Å². The molecular formula is C18H23ClN4O4S. The molecule has 1 amide bonds. The van der Waals surface area contributed by atoms with Crippen molar-refractivity contribution in [2.75, 3.05) is 18.4 Å². The van der Waals surface area contributed by atoms with E-state index in [1.54, 1.807) is 25.1 Å². The fourth-order valence-electron chi connectivity index (χ4n) is 3.13. The normalized spacial score (nSPS) is 17.4. The van der Waals surface area contributed by atoms with E-state index in [0.717, 1.165) is 0 Å². The van der Waals surface area contributed by atoms with Gasteiger partial charge in [-0.05, 0) is 51.0 Å². The Balaban J connectivity index is 1.52. The lowest BCUT2D eigenvalue weighted by atomic mass is 10.0. The Morgan fingerprint density at radius 3 is 2.50 bits per heavy atom. The molecule has 1 saturated heterocycles. The summed E-state index contributed by atoms with van der Waals surface area (Å²) in [5.74, 6) is 0.838. The molecule has 152 valence electrons. The Bertz CT molecular complexity index is 921. The van der Waals surface area contributed by atoms with Crippen molar-refractivity contribution in [1.82, 2.24) is 14.8 Å². The van der Waals surface area contributed by atoms with Gasteiger partial charge in [0.25, 0.3) is 0 Å². The van der Waals surface area contributed by atoms with Gasteiger partial charge in [0.15, 0.2) is 5.82 Å². The number of piperidine rings is 1. The summed E-state index contributed by atoms with van der Waals surface area (Å²) in [4.78, 5) is 14.6. The monoisotopic (exact) mass is 426 g/mol. The van der Waals surface area contributed by atoms with Crippen LogP contribution in [0, 0.1) is 6.92 Å². The Labute approximate surface area is 169 Å². The zero-order valence-corrected chi connectivity index (χ0v) is 17.3. The summed E-state index contributed by atoms with van der Waals surface area (Å²) in [5, 5.41) is 6.97. The Morgan fingerprint density at radius 2 is 1.93 bits per heavy atom. The van der Waals surface area contributed by atoms with Crippen LogP contribution in [0.1, 0.15) is 25.5 Å². The van der Waals surface area contributed by atoms with Crippen molar-refractivity contribution in [3.8, 4) is 0 Å². The van der Waals surface area contributed by atoms with Crippen LogP contribution < -0.4 is 10.0 Å². The van der Waals surface area contributed by atoms with Crippen LogP contribution in [-0.4, -0.2) is 49.6 Å². The molecule has 1 atom stereocenters. The summed E-state index contributed by atoms with van der Waals surface area (Å²) in [6.07, 6.45) is 1.24. The van der Waals surface area contributed by atoms with Crippen molar-refractivity contribution < 1.29 is 17.7 Å². The van der Waals surface area contributed by atoms with Gasteiger partial charge in [0, 0.05) is 30.2 Å². The number of anilines is 1. The Kier molecular flexibility index (Phi) is 6.39. The average molecular weight is 427 g/mol. The largest absolute Gasteiger partial charge is 0.360 e. The molecule has 1 unspecified atom stereocenters. The summed E-state index contributed by atoms with van der Waals surface area (Å²) in [7, 11) is -3.59. The standard InChI is InChI=1S/C18H23ClN4O4S/c1-12-11-17(21-27-12)20-18(24)13(2)23-9-7-15(8-10-23)22-28(25,26)16-5-3-14(19)4-6-16/h3-6,11,13,15,22H,7-10H2,1-2H3,(H,20,21,24). The number of halogens is 1. The molecule has 2 aromatic rings. The first-order valence-electron chi connectivity index (χ1n) is 9.01. The van der Waals surface area contributed by atoms with Crippen LogP contribution in [0.3, 0.4) is 0 Å². The molecule has 1 aliphatic rings. The fourth-order valence-corrected chi connectivity index (χ4v) is 4.56. The minimum atomic E-state index is -3.59. The van der Waals surface area contributed by atoms with Gasteiger partial charge in [0.05, 0.1) is 10.9 Å². The van der Waals surface area contributed by atoms with Gasteiger partial charge in [0.2, 0.25) is 15.9 Å². The molecule has 1 aromatic heterocycles. The lowest BCUT2D eigenvalue weighted by Gasteiger charge is -2.35. The van der Waals surface area contributed by atoms with Crippen molar-refractivity contribution in [1.29, 1.82) is 0 Å². The summed E-state index contributed by atoms with van der Waals surface area (Å²) in [5.41, 5.74) is 0. The van der Waals surface area contributed by atoms with Gasteiger partial charge in [-0.25, -0.2) is 13.1 Å². The van der Waals surface area contributed by atoms with Crippen molar-refractivity contribution in [3.63, 3.8) is 0 Å². The lowest BCUT2D eigenvalue weighted by Crippen LogP contribution is -2.50. The number of amides is 1. The third-order valence-electron chi connectivity index (χ3n) is 4.78. The average Bonchev–Trinajstić information content (AvgIpc) is 3.06. The molecular weight excluding hydrogens is 404 g/mol. The predicted molar refractivity (Wildman–Crippen MR) is 106 cm³/mol. The maximum Gasteiger partial charge on any atom is 0.242 e. The summed E-state index contributed by atoms with van der Waals surface area (Å²) in [6.45, 7) is 4.79. The number of nitrogens with zero attached hydrogens (tertiary/aromatic N) is 2. The van der Waals surface area contributed by atoms with Crippen LogP contribution in [0.2, 0.25) is 5.02 Å². The van der Waals surface area contributed by atoms with E-state index in [1.807, 2.05) is 11.8 Å². The number of rotatable bonds is 6. The van der Waals surface area contributed by atoms with Crippen molar-refractivity contribution in [2.45, 2.75) is 43.7 Å². The Hall–Kier alpha value is -1.94. The number of carbonyl (C=O) groups excluding carboxylic acids is 1. The van der Waals surface area contributed by atoms with E-state index in [9.17, 15) is 13.2 Å². The molecule has 10 heteroatoms. The van der Waals surface area contributed by atoms with Gasteiger partial charge in [0.1, 0.15) is 5.76 Å². The van der Waals surface area contributed by atoms with Gasteiger partial charge in [-0.1, -0.05) is 16.8 Å². The van der Waals surface area contributed by atoms with Crippen LogP contribution in [0.15, 0.2) is 39.8 Å². The first-order valence-corrected chi connectivity index (χ1v) is 10.9. The predicted octanol–water partition coefficient (Wildman–Crippen LogP) is 2.41. The molecule has 0 saturated carbocycles. The molecule has 0 radical (unpaired) electrons. The van der Waals surface area contributed by atoms with E-state index in [-0.39, 0.29) is 22.9 Å². The molecule has 2 N–H and O–H groups in total. The maximum absolute atomic E-state index is 12.5. The molecule has 1 aliphatic heterocycles. The molecule has 8 nitrogen and oxygen atoms in total. The van der Waals surface area contributed by atoms with Crippen LogP contribution in [0.4, 0.5) is 5.82 Å². The molecule has 0 spiro atoms. The quantitative estimate of drug-likeness (QED) is 0.734. The lowest BCUT2D eigenvalue weighted by molar-refractivity contribution is -0.121. The molecule has 3 rings (SSSR count). The second-order valence-electron chi connectivity index (χ2n) is 6.87. The van der Waals surface area contributed by atoms with Gasteiger partial charge in [-0.15, -0.1) is 0 Å². The van der Waals surface area contributed by atoms with E-state index in [0.29, 0.717) is 42.5 Å². The second kappa shape index (κ2) is 8.60. The zero-order valence-electron chi connectivity index (χ0n) is 15.7. The SMILES string of the molecule is Cc1cc(NC(=O)C(C)N2CCC(NS(=O)(=O)c3ccc(Cl)cc3)CC2)no1. The first-order chi connectivity index (χ1) is 13.2. The minimum absolute atomic E-state index is 0.173.